The summed E-state index contributed by atoms with van der Waals surface area (Å²) in [6, 6.07) is -1.14. The molecule has 0 rings (SSSR count). The minimum atomic E-state index is -0.894. The predicted molar refractivity (Wildman–Crippen MR) is 52.0 cm³/mol. The number of nitrogens with one attached hydrogen (secondary N) is 2. The van der Waals surface area contributed by atoms with Crippen molar-refractivity contribution in [2.24, 2.45) is 0 Å². The van der Waals surface area contributed by atoms with Gasteiger partial charge in [0.05, 0.1) is 0 Å². The van der Waals surface area contributed by atoms with Crippen molar-refractivity contribution in [1.29, 1.82) is 0 Å². The Morgan fingerprint density at radius 2 is 1.29 bits per heavy atom. The summed E-state index contributed by atoms with van der Waals surface area (Å²) in [5, 5.41) is 17.0. The van der Waals surface area contributed by atoms with E-state index in [2.05, 4.69) is 8.67 Å². The van der Waals surface area contributed by atoms with Crippen LogP contribution in [0.15, 0.2) is 0 Å². The number of rotatable bonds is 7. The fourth-order valence-electron chi connectivity index (χ4n) is 0.293. The van der Waals surface area contributed by atoms with E-state index in [0.717, 1.165) is 0 Å². The van der Waals surface area contributed by atoms with Gasteiger partial charge in [-0.05, 0) is 0 Å². The maximum atomic E-state index is 10.4. The molecule has 4 N–H and O–H groups in total. The van der Waals surface area contributed by atoms with Gasteiger partial charge in [0.15, 0.2) is 0 Å². The second kappa shape index (κ2) is 7.22. The second-order valence-corrected chi connectivity index (χ2v) is 7.84. The Balaban J connectivity index is 3.47. The molecule has 0 aliphatic rings. The van der Waals surface area contributed by atoms with Crippen LogP contribution in [-0.2, 0) is 9.59 Å². The van der Waals surface area contributed by atoms with Crippen LogP contribution in [0.4, 0.5) is 0 Å². The van der Waals surface area contributed by atoms with Crippen LogP contribution in [-0.4, -0.2) is 60.9 Å². The Labute approximate surface area is 93.1 Å². The van der Waals surface area contributed by atoms with Gasteiger partial charge in [0.25, 0.3) is 0 Å². The fourth-order valence-corrected chi connectivity index (χ4v) is 5.72. The molecule has 8 heteroatoms. The molecule has 0 aromatic rings. The molecule has 0 unspecified atom stereocenters. The quantitative estimate of drug-likeness (QED) is 0.326. The molecular weight excluding hydrogens is 322 g/mol. The summed E-state index contributed by atoms with van der Waals surface area (Å²) in [5.74, 6) is -1.79. The first-order valence-electron chi connectivity index (χ1n) is 3.74. The van der Waals surface area contributed by atoms with E-state index >= 15 is 0 Å². The molecule has 6 nitrogen and oxygen atoms in total. The van der Waals surface area contributed by atoms with Gasteiger partial charge in [-0.15, -0.1) is 0 Å². The number of carboxylic acid groups (broad SMARTS) is 2. The van der Waals surface area contributed by atoms with Crippen LogP contribution < -0.4 is 8.67 Å². The van der Waals surface area contributed by atoms with E-state index in [1.165, 1.54) is 0 Å². The first-order valence-corrected chi connectivity index (χ1v) is 9.79. The van der Waals surface area contributed by atoms with Gasteiger partial charge in [-0.2, -0.15) is 0 Å². The van der Waals surface area contributed by atoms with Crippen LogP contribution in [0.3, 0.4) is 0 Å². The van der Waals surface area contributed by atoms with Gasteiger partial charge in [0.2, 0.25) is 0 Å². The summed E-state index contributed by atoms with van der Waals surface area (Å²) in [6.45, 7) is 3.11. The van der Waals surface area contributed by atoms with E-state index in [-0.39, 0.29) is 26.7 Å². The third-order valence-electron chi connectivity index (χ3n) is 1.23. The molecule has 0 amide bonds. The van der Waals surface area contributed by atoms with Crippen molar-refractivity contribution in [3.63, 3.8) is 0 Å². The number of aliphatic carboxylic acids is 2. The zero-order chi connectivity index (χ0) is 11.1. The first kappa shape index (κ1) is 13.9. The molecule has 0 fully saturated rings. The Morgan fingerprint density at radius 3 is 1.50 bits per heavy atom. The molecule has 0 saturated heterocycles. The zero-order valence-electron chi connectivity index (χ0n) is 7.68. The second-order valence-electron chi connectivity index (χ2n) is 2.52. The summed E-state index contributed by atoms with van der Waals surface area (Å²) in [5.41, 5.74) is 0. The van der Waals surface area contributed by atoms with Crippen molar-refractivity contribution in [3.05, 3.63) is 0 Å². The molecule has 0 radical (unpaired) electrons. The van der Waals surface area contributed by atoms with Crippen LogP contribution in [0.1, 0.15) is 13.8 Å². The van der Waals surface area contributed by atoms with E-state index in [0.29, 0.717) is 0 Å². The average molecular weight is 334 g/mol. The first-order chi connectivity index (χ1) is 6.45. The Hall–Kier alpha value is -0.101. The summed E-state index contributed by atoms with van der Waals surface area (Å²) < 4.78 is 5.62. The molecule has 0 aliphatic carbocycles. The molecule has 0 bridgehead atoms. The van der Waals surface area contributed by atoms with Gasteiger partial charge in [0, 0.05) is 0 Å². The van der Waals surface area contributed by atoms with Gasteiger partial charge in [-0.25, -0.2) is 0 Å². The third-order valence-corrected chi connectivity index (χ3v) is 6.30. The van der Waals surface area contributed by atoms with Crippen LogP contribution in [0.2, 0.25) is 0 Å². The van der Waals surface area contributed by atoms with Crippen molar-refractivity contribution in [3.8, 4) is 0 Å². The predicted octanol–water partition coefficient (Wildman–Crippen LogP) is -1.73. The normalized spacial score (nSPS) is 14.7. The van der Waals surface area contributed by atoms with E-state index in [1.807, 2.05) is 0 Å². The standard InChI is InChI=1S/C6H12N2O4Se2/c1-3(5(9)10)7-13-14-8-4(2)6(11)12/h3-4,7-8H,1-2H3,(H,9,10)(H,11,12)/t3-,4-/m0/s1. The van der Waals surface area contributed by atoms with E-state index in [9.17, 15) is 9.59 Å². The molecule has 82 valence electrons. The molecule has 2 atom stereocenters. The SMILES string of the molecule is C[C@H](N[Se][Se]N[C@@H](C)C(=O)O)C(=O)O. The fraction of sp³-hybridized carbons (Fsp3) is 0.667. The number of hydrogen-bond donors (Lipinski definition) is 4. The molecule has 0 heterocycles. The Kier molecular flexibility index (Phi) is 7.17. The summed E-state index contributed by atoms with van der Waals surface area (Å²) in [6.07, 6.45) is 0. The van der Waals surface area contributed by atoms with Crippen molar-refractivity contribution in [1.82, 2.24) is 8.67 Å². The Morgan fingerprint density at radius 1 is 1.00 bits per heavy atom. The Bertz CT molecular complexity index is 192. The average Bonchev–Trinajstić information content (AvgIpc) is 2.11. The molecule has 14 heavy (non-hydrogen) atoms. The summed E-state index contributed by atoms with van der Waals surface area (Å²) in [4.78, 5) is 20.8. The van der Waals surface area contributed by atoms with Crippen molar-refractivity contribution < 1.29 is 19.8 Å². The van der Waals surface area contributed by atoms with Gasteiger partial charge in [0.1, 0.15) is 0 Å². The van der Waals surface area contributed by atoms with Crippen molar-refractivity contribution in [2.75, 3.05) is 0 Å². The number of carbonyl (C=O) groups is 2. The number of hydrogen-bond acceptors (Lipinski definition) is 4. The van der Waals surface area contributed by atoms with Crippen molar-refractivity contribution >= 4 is 38.6 Å². The number of carboxylic acids is 2. The van der Waals surface area contributed by atoms with Crippen molar-refractivity contribution in [2.45, 2.75) is 25.9 Å². The molecule has 0 saturated carbocycles. The van der Waals surface area contributed by atoms with E-state index in [1.54, 1.807) is 13.8 Å². The van der Waals surface area contributed by atoms with Gasteiger partial charge in [-0.1, -0.05) is 0 Å². The van der Waals surface area contributed by atoms with Crippen LogP contribution in [0.25, 0.3) is 0 Å². The monoisotopic (exact) mass is 336 g/mol. The maximum absolute atomic E-state index is 10.4. The van der Waals surface area contributed by atoms with E-state index in [4.69, 9.17) is 10.2 Å². The third kappa shape index (κ3) is 6.37. The summed E-state index contributed by atoms with van der Waals surface area (Å²) in [7, 11) is 0. The molecule has 0 spiro atoms. The van der Waals surface area contributed by atoms with E-state index < -0.39 is 24.0 Å². The van der Waals surface area contributed by atoms with Crippen LogP contribution in [0, 0.1) is 0 Å². The zero-order valence-corrected chi connectivity index (χ0v) is 11.1. The topological polar surface area (TPSA) is 98.7 Å². The van der Waals surface area contributed by atoms with Gasteiger partial charge >= 0.3 is 93.0 Å². The minimum absolute atomic E-state index is 0.0471. The van der Waals surface area contributed by atoms with Crippen LogP contribution in [0.5, 0.6) is 0 Å². The molecule has 0 aromatic carbocycles. The van der Waals surface area contributed by atoms with Gasteiger partial charge < -0.3 is 0 Å². The van der Waals surface area contributed by atoms with Gasteiger partial charge in [-0.3, -0.25) is 0 Å². The van der Waals surface area contributed by atoms with Crippen LogP contribution >= 0.6 is 0 Å². The summed E-state index contributed by atoms with van der Waals surface area (Å²) >= 11 is -0.0942. The molecule has 0 aromatic heterocycles. The molecular formula is C6H12N2O4Se2. The molecule has 0 aliphatic heterocycles.